The van der Waals surface area contributed by atoms with Crippen LogP contribution in [0.1, 0.15) is 52.1 Å². The molecule has 0 aliphatic rings. The maximum absolute atomic E-state index is 3.66. The lowest BCUT2D eigenvalue weighted by atomic mass is 10.0. The fraction of sp³-hybridized carbons (Fsp3) is 0.600. The normalized spacial score (nSPS) is 14.9. The second-order valence-corrected chi connectivity index (χ2v) is 6.14. The Morgan fingerprint density at radius 2 is 1.71 bits per heavy atom. The summed E-state index contributed by atoms with van der Waals surface area (Å²) in [6.07, 6.45) is 2.53. The van der Waals surface area contributed by atoms with E-state index < -0.39 is 0 Å². The van der Waals surface area contributed by atoms with Gasteiger partial charge >= 0.3 is 0 Å². The molecule has 0 aromatic heterocycles. The first-order valence-electron chi connectivity index (χ1n) is 6.51. The van der Waals surface area contributed by atoms with Crippen molar-refractivity contribution in [3.05, 3.63) is 34.3 Å². The van der Waals surface area contributed by atoms with Crippen LogP contribution in [0.15, 0.2) is 28.7 Å². The molecule has 1 rings (SSSR count). The van der Waals surface area contributed by atoms with Gasteiger partial charge in [0, 0.05) is 16.6 Å². The Labute approximate surface area is 114 Å². The van der Waals surface area contributed by atoms with Gasteiger partial charge in [-0.05, 0) is 44.2 Å². The molecular formula is C15H24BrN. The molecule has 0 heterocycles. The molecule has 1 unspecified atom stereocenters. The molecule has 0 spiro atoms. The maximum atomic E-state index is 3.66. The predicted octanol–water partition coefficient (Wildman–Crippen LogP) is 4.92. The van der Waals surface area contributed by atoms with Crippen molar-refractivity contribution in [2.75, 3.05) is 0 Å². The van der Waals surface area contributed by atoms with Gasteiger partial charge in [-0.25, -0.2) is 0 Å². The second-order valence-electron chi connectivity index (χ2n) is 5.28. The first-order chi connectivity index (χ1) is 8.00. The maximum Gasteiger partial charge on any atom is 0.0305 e. The van der Waals surface area contributed by atoms with Crippen molar-refractivity contribution in [3.63, 3.8) is 0 Å². The van der Waals surface area contributed by atoms with Gasteiger partial charge in [0.05, 0.1) is 0 Å². The van der Waals surface area contributed by atoms with Gasteiger partial charge in [-0.1, -0.05) is 48.0 Å². The van der Waals surface area contributed by atoms with E-state index in [-0.39, 0.29) is 0 Å². The summed E-state index contributed by atoms with van der Waals surface area (Å²) in [5, 5.41) is 3.66. The van der Waals surface area contributed by atoms with Crippen molar-refractivity contribution in [2.45, 2.75) is 52.6 Å². The summed E-state index contributed by atoms with van der Waals surface area (Å²) in [5.74, 6) is 0.790. The third-order valence-electron chi connectivity index (χ3n) is 3.08. The summed E-state index contributed by atoms with van der Waals surface area (Å²) in [6.45, 7) is 9.07. The quantitative estimate of drug-likeness (QED) is 0.785. The molecule has 1 nitrogen and oxygen atoms in total. The number of benzene rings is 1. The van der Waals surface area contributed by atoms with Crippen LogP contribution in [0.5, 0.6) is 0 Å². The summed E-state index contributed by atoms with van der Waals surface area (Å²) in [4.78, 5) is 0. The molecule has 0 bridgehead atoms. The highest BCUT2D eigenvalue weighted by molar-refractivity contribution is 9.10. The lowest BCUT2D eigenvalue weighted by Gasteiger charge is -2.22. The van der Waals surface area contributed by atoms with Crippen LogP contribution in [0.4, 0.5) is 0 Å². The Kier molecular flexibility index (Phi) is 6.21. The van der Waals surface area contributed by atoms with Crippen LogP contribution >= 0.6 is 15.9 Å². The van der Waals surface area contributed by atoms with Crippen LogP contribution in [0, 0.1) is 5.92 Å². The highest BCUT2D eigenvalue weighted by atomic mass is 79.9. The molecule has 0 aliphatic heterocycles. The Balaban J connectivity index is 2.49. The van der Waals surface area contributed by atoms with E-state index >= 15 is 0 Å². The number of nitrogens with one attached hydrogen (secondary N) is 1. The highest BCUT2D eigenvalue weighted by Crippen LogP contribution is 2.23. The van der Waals surface area contributed by atoms with Gasteiger partial charge in [0.15, 0.2) is 0 Å². The smallest absolute Gasteiger partial charge is 0.0305 e. The lowest BCUT2D eigenvalue weighted by Crippen LogP contribution is -2.29. The van der Waals surface area contributed by atoms with Crippen LogP contribution in [0.2, 0.25) is 0 Å². The first-order valence-corrected chi connectivity index (χ1v) is 7.30. The van der Waals surface area contributed by atoms with Gasteiger partial charge in [0.1, 0.15) is 0 Å². The average Bonchev–Trinajstić information content (AvgIpc) is 2.26. The van der Waals surface area contributed by atoms with E-state index in [1.807, 2.05) is 0 Å². The van der Waals surface area contributed by atoms with Crippen LogP contribution < -0.4 is 5.32 Å². The van der Waals surface area contributed by atoms with Gasteiger partial charge < -0.3 is 5.32 Å². The number of hydrogen-bond donors (Lipinski definition) is 1. The Hall–Kier alpha value is -0.340. The zero-order valence-corrected chi connectivity index (χ0v) is 12.9. The third kappa shape index (κ3) is 5.22. The SMILES string of the molecule is CC(C)CCC(C)N[C@H](C)c1ccccc1Br. The Morgan fingerprint density at radius 1 is 1.06 bits per heavy atom. The van der Waals surface area contributed by atoms with Crippen LogP contribution in [0.25, 0.3) is 0 Å². The summed E-state index contributed by atoms with van der Waals surface area (Å²) in [7, 11) is 0. The van der Waals surface area contributed by atoms with Crippen molar-refractivity contribution < 1.29 is 0 Å². The minimum absolute atomic E-state index is 0.396. The van der Waals surface area contributed by atoms with E-state index in [2.05, 4.69) is 73.2 Å². The van der Waals surface area contributed by atoms with Crippen LogP contribution in [-0.2, 0) is 0 Å². The molecule has 0 saturated carbocycles. The number of halogens is 1. The largest absolute Gasteiger partial charge is 0.308 e. The molecule has 1 aromatic carbocycles. The van der Waals surface area contributed by atoms with Gasteiger partial charge in [-0.3, -0.25) is 0 Å². The van der Waals surface area contributed by atoms with E-state index in [1.165, 1.54) is 22.9 Å². The fourth-order valence-corrected chi connectivity index (χ4v) is 2.64. The lowest BCUT2D eigenvalue weighted by molar-refractivity contribution is 0.416. The number of hydrogen-bond acceptors (Lipinski definition) is 1. The number of rotatable bonds is 6. The van der Waals surface area contributed by atoms with Crippen molar-refractivity contribution in [1.82, 2.24) is 5.32 Å². The predicted molar refractivity (Wildman–Crippen MR) is 79.2 cm³/mol. The summed E-state index contributed by atoms with van der Waals surface area (Å²) >= 11 is 3.61. The minimum atomic E-state index is 0.396. The summed E-state index contributed by atoms with van der Waals surface area (Å²) < 4.78 is 1.19. The van der Waals surface area contributed by atoms with Crippen molar-refractivity contribution >= 4 is 15.9 Å². The molecule has 0 radical (unpaired) electrons. The van der Waals surface area contributed by atoms with E-state index in [0.29, 0.717) is 12.1 Å². The first kappa shape index (κ1) is 14.7. The fourth-order valence-electron chi connectivity index (χ4n) is 2.01. The molecule has 96 valence electrons. The van der Waals surface area contributed by atoms with E-state index in [0.717, 1.165) is 5.92 Å². The topological polar surface area (TPSA) is 12.0 Å². The van der Waals surface area contributed by atoms with Crippen LogP contribution in [-0.4, -0.2) is 6.04 Å². The standard InChI is InChI=1S/C15H24BrN/c1-11(2)9-10-12(3)17-13(4)14-7-5-6-8-15(14)16/h5-8,11-13,17H,9-10H2,1-4H3/t12?,13-/m1/s1. The van der Waals surface area contributed by atoms with E-state index in [4.69, 9.17) is 0 Å². The molecule has 17 heavy (non-hydrogen) atoms. The Morgan fingerprint density at radius 3 is 2.29 bits per heavy atom. The average molecular weight is 298 g/mol. The molecular weight excluding hydrogens is 274 g/mol. The Bertz CT molecular complexity index is 335. The summed E-state index contributed by atoms with van der Waals surface area (Å²) in [5.41, 5.74) is 1.34. The molecule has 1 aromatic rings. The monoisotopic (exact) mass is 297 g/mol. The van der Waals surface area contributed by atoms with Crippen molar-refractivity contribution in [2.24, 2.45) is 5.92 Å². The van der Waals surface area contributed by atoms with E-state index in [9.17, 15) is 0 Å². The van der Waals surface area contributed by atoms with Gasteiger partial charge in [-0.15, -0.1) is 0 Å². The molecule has 2 atom stereocenters. The molecule has 1 N–H and O–H groups in total. The highest BCUT2D eigenvalue weighted by Gasteiger charge is 2.11. The second kappa shape index (κ2) is 7.17. The molecule has 0 aliphatic carbocycles. The zero-order valence-electron chi connectivity index (χ0n) is 11.3. The van der Waals surface area contributed by atoms with Gasteiger partial charge in [-0.2, -0.15) is 0 Å². The molecule has 0 amide bonds. The van der Waals surface area contributed by atoms with Gasteiger partial charge in [0.25, 0.3) is 0 Å². The minimum Gasteiger partial charge on any atom is -0.308 e. The van der Waals surface area contributed by atoms with Gasteiger partial charge in [0.2, 0.25) is 0 Å². The van der Waals surface area contributed by atoms with E-state index in [1.54, 1.807) is 0 Å². The van der Waals surface area contributed by atoms with Crippen molar-refractivity contribution in [3.8, 4) is 0 Å². The molecule has 0 fully saturated rings. The molecule has 2 heteroatoms. The third-order valence-corrected chi connectivity index (χ3v) is 3.81. The van der Waals surface area contributed by atoms with Crippen molar-refractivity contribution in [1.29, 1.82) is 0 Å². The van der Waals surface area contributed by atoms with Crippen LogP contribution in [0.3, 0.4) is 0 Å². The summed E-state index contributed by atoms with van der Waals surface area (Å²) in [6, 6.07) is 9.40. The zero-order chi connectivity index (χ0) is 12.8. The molecule has 0 saturated heterocycles.